The summed E-state index contributed by atoms with van der Waals surface area (Å²) in [6.45, 7) is 5.06. The first kappa shape index (κ1) is 24.6. The largest absolute Gasteiger partial charge is 0.497 e. The van der Waals surface area contributed by atoms with E-state index in [0.29, 0.717) is 18.8 Å². The molecule has 33 heavy (non-hydrogen) atoms. The third-order valence-electron chi connectivity index (χ3n) is 4.96. The summed E-state index contributed by atoms with van der Waals surface area (Å²) < 4.78 is 27.1. The predicted molar refractivity (Wildman–Crippen MR) is 127 cm³/mol. The van der Waals surface area contributed by atoms with E-state index in [1.807, 2.05) is 50.2 Å². The van der Waals surface area contributed by atoms with Crippen LogP contribution in [0.1, 0.15) is 16.7 Å². The quantitative estimate of drug-likeness (QED) is 0.432. The summed E-state index contributed by atoms with van der Waals surface area (Å²) in [7, 11) is 2.04. The van der Waals surface area contributed by atoms with E-state index in [0.717, 1.165) is 27.3 Å². The van der Waals surface area contributed by atoms with Gasteiger partial charge in [0.25, 0.3) is 0 Å². The Morgan fingerprint density at radius 2 is 1.88 bits per heavy atom. The summed E-state index contributed by atoms with van der Waals surface area (Å²) in [5, 5.41) is 6.88. The smallest absolute Gasteiger partial charge is 0.250 e. The molecule has 1 unspecified atom stereocenters. The molecule has 0 saturated heterocycles. The molecule has 3 rings (SSSR count). The van der Waals surface area contributed by atoms with Gasteiger partial charge in [0.1, 0.15) is 36.0 Å². The number of ether oxygens (including phenoxy) is 2. The Morgan fingerprint density at radius 1 is 1.18 bits per heavy atom. The van der Waals surface area contributed by atoms with Crippen molar-refractivity contribution < 1.29 is 18.5 Å². The molecule has 0 bridgehead atoms. The van der Waals surface area contributed by atoms with E-state index in [4.69, 9.17) is 9.47 Å². The van der Waals surface area contributed by atoms with Crippen molar-refractivity contribution in [3.05, 3.63) is 65.7 Å². The Balaban J connectivity index is 1.41. The van der Waals surface area contributed by atoms with Gasteiger partial charge in [0.2, 0.25) is 5.91 Å². The van der Waals surface area contributed by atoms with Crippen LogP contribution in [-0.2, 0) is 27.1 Å². The molecule has 0 aliphatic carbocycles. The summed E-state index contributed by atoms with van der Waals surface area (Å²) >= 11 is 0. The van der Waals surface area contributed by atoms with E-state index >= 15 is 0 Å². The van der Waals surface area contributed by atoms with Gasteiger partial charge in [0.05, 0.1) is 25.2 Å². The molecular formula is C23H29N5O4S. The molecule has 9 nitrogen and oxygen atoms in total. The molecule has 1 N–H and O–H groups in total. The van der Waals surface area contributed by atoms with E-state index in [2.05, 4.69) is 15.4 Å². The number of nitrogens with one attached hydrogen (secondary N) is 1. The molecule has 3 aromatic rings. The first-order valence-electron chi connectivity index (χ1n) is 10.4. The standard InChI is InChI=1S/C23H29N5O4S/c1-17-11-21(31-4)12-18(2)23(17)33(30)27(3)9-10-32-14-22(29)26-20-7-5-19(6-8-20)13-28-16-24-15-25-28/h5-8,11-12,15-16H,9-10,13-14H2,1-4H3,(H,26,29). The monoisotopic (exact) mass is 471 g/mol. The highest BCUT2D eigenvalue weighted by Crippen LogP contribution is 2.25. The zero-order chi connectivity index (χ0) is 23.8. The second kappa shape index (κ2) is 11.7. The van der Waals surface area contributed by atoms with Crippen LogP contribution in [0.25, 0.3) is 0 Å². The zero-order valence-corrected chi connectivity index (χ0v) is 20.1. The number of amides is 1. The fourth-order valence-corrected chi connectivity index (χ4v) is 4.51. The van der Waals surface area contributed by atoms with Crippen molar-refractivity contribution >= 4 is 22.6 Å². The minimum atomic E-state index is -1.33. The Hall–Kier alpha value is -3.08. The molecule has 0 radical (unpaired) electrons. The Kier molecular flexibility index (Phi) is 8.70. The maximum atomic E-state index is 12.9. The molecule has 1 aromatic heterocycles. The number of carbonyl (C=O) groups is 1. The van der Waals surface area contributed by atoms with E-state index in [9.17, 15) is 9.00 Å². The van der Waals surface area contributed by atoms with Gasteiger partial charge in [-0.15, -0.1) is 0 Å². The molecule has 1 heterocycles. The van der Waals surface area contributed by atoms with Gasteiger partial charge >= 0.3 is 0 Å². The van der Waals surface area contributed by atoms with Crippen molar-refractivity contribution in [2.24, 2.45) is 0 Å². The molecule has 0 spiro atoms. The number of carbonyl (C=O) groups excluding carboxylic acids is 1. The topological polar surface area (TPSA) is 98.6 Å². The number of hydrogen-bond donors (Lipinski definition) is 1. The molecule has 1 atom stereocenters. The van der Waals surface area contributed by atoms with Gasteiger partial charge in [-0.25, -0.2) is 18.2 Å². The number of aromatic nitrogens is 3. The van der Waals surface area contributed by atoms with E-state index in [1.165, 1.54) is 6.33 Å². The lowest BCUT2D eigenvalue weighted by atomic mass is 10.1. The zero-order valence-electron chi connectivity index (χ0n) is 19.3. The molecule has 0 aliphatic rings. The van der Waals surface area contributed by atoms with Crippen LogP contribution in [0.3, 0.4) is 0 Å². The van der Waals surface area contributed by atoms with Crippen LogP contribution in [0.4, 0.5) is 5.69 Å². The van der Waals surface area contributed by atoms with Gasteiger partial charge in [0.15, 0.2) is 0 Å². The van der Waals surface area contributed by atoms with Crippen LogP contribution in [-0.4, -0.2) is 63.1 Å². The number of methoxy groups -OCH3 is 1. The predicted octanol–water partition coefficient (Wildman–Crippen LogP) is 2.56. The molecule has 176 valence electrons. The van der Waals surface area contributed by atoms with Crippen LogP contribution in [0, 0.1) is 13.8 Å². The summed E-state index contributed by atoms with van der Waals surface area (Å²) in [4.78, 5) is 16.8. The van der Waals surface area contributed by atoms with Gasteiger partial charge in [-0.1, -0.05) is 12.1 Å². The number of likely N-dealkylation sites (N-methyl/N-ethyl adjacent to an activating group) is 1. The van der Waals surface area contributed by atoms with Crippen molar-refractivity contribution in [3.63, 3.8) is 0 Å². The minimum absolute atomic E-state index is 0.0816. The number of nitrogens with zero attached hydrogens (tertiary/aromatic N) is 4. The lowest BCUT2D eigenvalue weighted by molar-refractivity contribution is -0.120. The molecular weight excluding hydrogens is 442 g/mol. The Labute approximate surface area is 196 Å². The fraction of sp³-hybridized carbons (Fsp3) is 0.348. The first-order valence-corrected chi connectivity index (χ1v) is 11.5. The number of benzene rings is 2. The van der Waals surface area contributed by atoms with Gasteiger partial charge in [-0.2, -0.15) is 5.10 Å². The Bertz CT molecular complexity index is 1060. The number of anilines is 1. The minimum Gasteiger partial charge on any atom is -0.497 e. The molecule has 10 heteroatoms. The highest BCUT2D eigenvalue weighted by Gasteiger charge is 2.17. The fourth-order valence-electron chi connectivity index (χ4n) is 3.29. The van der Waals surface area contributed by atoms with E-state index in [-0.39, 0.29) is 19.1 Å². The van der Waals surface area contributed by atoms with Crippen LogP contribution < -0.4 is 10.1 Å². The second-order valence-corrected chi connectivity index (χ2v) is 9.11. The van der Waals surface area contributed by atoms with Gasteiger partial charge in [-0.05, 0) is 54.8 Å². The molecule has 2 aromatic carbocycles. The summed E-state index contributed by atoms with van der Waals surface area (Å²) in [5.41, 5.74) is 3.55. The maximum Gasteiger partial charge on any atom is 0.250 e. The van der Waals surface area contributed by atoms with Gasteiger partial charge in [-0.3, -0.25) is 4.79 Å². The lowest BCUT2D eigenvalue weighted by Crippen LogP contribution is -2.28. The van der Waals surface area contributed by atoms with Crippen LogP contribution in [0.15, 0.2) is 53.9 Å². The summed E-state index contributed by atoms with van der Waals surface area (Å²) in [5.74, 6) is 0.497. The van der Waals surface area contributed by atoms with Crippen molar-refractivity contribution in [2.75, 3.05) is 39.2 Å². The van der Waals surface area contributed by atoms with E-state index in [1.54, 1.807) is 29.5 Å². The van der Waals surface area contributed by atoms with Crippen molar-refractivity contribution in [3.8, 4) is 5.75 Å². The van der Waals surface area contributed by atoms with Crippen LogP contribution in [0.2, 0.25) is 0 Å². The van der Waals surface area contributed by atoms with Gasteiger partial charge in [0, 0.05) is 19.3 Å². The van der Waals surface area contributed by atoms with Crippen molar-refractivity contribution in [2.45, 2.75) is 25.3 Å². The second-order valence-electron chi connectivity index (χ2n) is 7.58. The molecule has 0 fully saturated rings. The summed E-state index contributed by atoms with van der Waals surface area (Å²) in [6.07, 6.45) is 3.14. The van der Waals surface area contributed by atoms with Gasteiger partial charge < -0.3 is 14.8 Å². The third kappa shape index (κ3) is 6.95. The maximum absolute atomic E-state index is 12.9. The van der Waals surface area contributed by atoms with Crippen molar-refractivity contribution in [1.29, 1.82) is 0 Å². The highest BCUT2D eigenvalue weighted by atomic mass is 32.2. The number of hydrogen-bond acceptors (Lipinski definition) is 6. The lowest BCUT2D eigenvalue weighted by Gasteiger charge is -2.19. The van der Waals surface area contributed by atoms with Crippen LogP contribution in [0.5, 0.6) is 5.75 Å². The first-order chi connectivity index (χ1) is 15.9. The average Bonchev–Trinajstić information content (AvgIpc) is 3.30. The SMILES string of the molecule is COc1cc(C)c(S(=O)N(C)CCOCC(=O)Nc2ccc(Cn3cncn3)cc2)c(C)c1. The normalized spacial score (nSPS) is 12.0. The Morgan fingerprint density at radius 3 is 2.48 bits per heavy atom. The number of rotatable bonds is 11. The summed E-state index contributed by atoms with van der Waals surface area (Å²) in [6, 6.07) is 11.3. The van der Waals surface area contributed by atoms with Crippen molar-refractivity contribution in [1.82, 2.24) is 19.1 Å². The third-order valence-corrected chi connectivity index (χ3v) is 6.70. The average molecular weight is 472 g/mol. The number of aryl methyl sites for hydroxylation is 2. The molecule has 0 saturated carbocycles. The molecule has 1 amide bonds. The molecule has 0 aliphatic heterocycles. The van der Waals surface area contributed by atoms with Crippen LogP contribution >= 0.6 is 0 Å². The van der Waals surface area contributed by atoms with E-state index < -0.39 is 11.0 Å². The highest BCUT2D eigenvalue weighted by molar-refractivity contribution is 7.82.